The molecule has 2 amide bonds. The molecule has 0 bridgehead atoms. The number of nitrogens with zero attached hydrogens (tertiary/aromatic N) is 1. The van der Waals surface area contributed by atoms with Gasteiger partial charge in [0.25, 0.3) is 0 Å². The minimum Gasteiger partial charge on any atom is -0.481 e. The monoisotopic (exact) mass is 299 g/mol. The summed E-state index contributed by atoms with van der Waals surface area (Å²) in [6, 6.07) is -0.104. The molecule has 0 saturated carbocycles. The van der Waals surface area contributed by atoms with Crippen molar-refractivity contribution in [1.29, 1.82) is 0 Å². The van der Waals surface area contributed by atoms with Crippen molar-refractivity contribution in [2.75, 3.05) is 26.7 Å². The first kappa shape index (κ1) is 17.8. The predicted octanol–water partition coefficient (Wildman–Crippen LogP) is 1.52. The van der Waals surface area contributed by atoms with E-state index >= 15 is 0 Å². The van der Waals surface area contributed by atoms with E-state index in [-0.39, 0.29) is 18.6 Å². The van der Waals surface area contributed by atoms with Crippen molar-refractivity contribution >= 4 is 12.0 Å². The largest absolute Gasteiger partial charge is 0.481 e. The first-order valence-corrected chi connectivity index (χ1v) is 7.81. The zero-order chi connectivity index (χ0) is 16.0. The van der Waals surface area contributed by atoms with Gasteiger partial charge in [0.15, 0.2) is 0 Å². The normalized spacial score (nSPS) is 23.6. The third-order valence-corrected chi connectivity index (χ3v) is 4.82. The molecule has 6 nitrogen and oxygen atoms in total. The number of carboxylic acid groups (broad SMARTS) is 1. The fraction of sp³-hybridized carbons (Fsp3) is 0.867. The average Bonchev–Trinajstić information content (AvgIpc) is 2.43. The average molecular weight is 299 g/mol. The number of piperidine rings is 1. The van der Waals surface area contributed by atoms with Crippen molar-refractivity contribution < 1.29 is 14.7 Å². The Morgan fingerprint density at radius 1 is 1.33 bits per heavy atom. The number of hydrogen-bond donors (Lipinski definition) is 3. The fourth-order valence-corrected chi connectivity index (χ4v) is 2.92. The highest BCUT2D eigenvalue weighted by atomic mass is 16.4. The molecule has 122 valence electrons. The van der Waals surface area contributed by atoms with Crippen LogP contribution in [0.1, 0.15) is 40.0 Å². The molecule has 1 rings (SSSR count). The van der Waals surface area contributed by atoms with E-state index in [2.05, 4.69) is 29.5 Å². The number of likely N-dealkylation sites (tertiary alicyclic amines) is 1. The molecule has 0 aromatic heterocycles. The van der Waals surface area contributed by atoms with Gasteiger partial charge in [0.05, 0.1) is 5.41 Å². The van der Waals surface area contributed by atoms with E-state index in [0.717, 1.165) is 19.5 Å². The van der Waals surface area contributed by atoms with Crippen LogP contribution < -0.4 is 10.6 Å². The van der Waals surface area contributed by atoms with Crippen LogP contribution in [0, 0.1) is 11.3 Å². The lowest BCUT2D eigenvalue weighted by Crippen LogP contribution is -2.53. The minimum absolute atomic E-state index is 0.156. The van der Waals surface area contributed by atoms with Crippen molar-refractivity contribution in [1.82, 2.24) is 15.5 Å². The standard InChI is InChI=1S/C15H29N3O3/c1-5-15(6-2,13(19)20)10-16-14(21)17-12-7-8-18(4)9-11(12)3/h11-12H,5-10H2,1-4H3,(H,19,20)(H2,16,17,21). The number of aliphatic carboxylic acids is 1. The smallest absolute Gasteiger partial charge is 0.315 e. The van der Waals surface area contributed by atoms with Crippen molar-refractivity contribution in [2.24, 2.45) is 11.3 Å². The van der Waals surface area contributed by atoms with E-state index in [9.17, 15) is 14.7 Å². The molecule has 21 heavy (non-hydrogen) atoms. The molecule has 1 fully saturated rings. The predicted molar refractivity (Wildman–Crippen MR) is 82.3 cm³/mol. The summed E-state index contributed by atoms with van der Waals surface area (Å²) < 4.78 is 0. The Morgan fingerprint density at radius 3 is 2.43 bits per heavy atom. The lowest BCUT2D eigenvalue weighted by atomic mass is 9.82. The summed E-state index contributed by atoms with van der Waals surface area (Å²) in [6.45, 7) is 7.92. The number of urea groups is 1. The number of rotatable bonds is 6. The summed E-state index contributed by atoms with van der Waals surface area (Å²) in [6.07, 6.45) is 1.93. The molecule has 1 aliphatic rings. The van der Waals surface area contributed by atoms with Gasteiger partial charge in [0, 0.05) is 19.1 Å². The number of carbonyl (C=O) groups is 2. The van der Waals surface area contributed by atoms with E-state index in [1.54, 1.807) is 0 Å². The molecular weight excluding hydrogens is 270 g/mol. The molecule has 1 aliphatic heterocycles. The summed E-state index contributed by atoms with van der Waals surface area (Å²) >= 11 is 0. The zero-order valence-electron chi connectivity index (χ0n) is 13.6. The minimum atomic E-state index is -0.865. The fourth-order valence-electron chi connectivity index (χ4n) is 2.92. The quantitative estimate of drug-likeness (QED) is 0.694. The van der Waals surface area contributed by atoms with Gasteiger partial charge < -0.3 is 20.6 Å². The van der Waals surface area contributed by atoms with Gasteiger partial charge in [-0.15, -0.1) is 0 Å². The summed E-state index contributed by atoms with van der Waals surface area (Å²) in [5.41, 5.74) is -0.865. The van der Waals surface area contributed by atoms with Gasteiger partial charge in [0.2, 0.25) is 0 Å². The molecule has 0 radical (unpaired) electrons. The second-order valence-electron chi connectivity index (χ2n) is 6.25. The van der Waals surface area contributed by atoms with Crippen LogP contribution in [0.4, 0.5) is 4.79 Å². The second kappa shape index (κ2) is 7.64. The van der Waals surface area contributed by atoms with Crippen LogP contribution in [0.25, 0.3) is 0 Å². The lowest BCUT2D eigenvalue weighted by molar-refractivity contribution is -0.149. The van der Waals surface area contributed by atoms with Crippen LogP contribution in [0.15, 0.2) is 0 Å². The van der Waals surface area contributed by atoms with Gasteiger partial charge in [-0.1, -0.05) is 20.8 Å². The number of carbonyl (C=O) groups excluding carboxylic acids is 1. The molecule has 0 aliphatic carbocycles. The van der Waals surface area contributed by atoms with E-state index in [4.69, 9.17) is 0 Å². The first-order valence-electron chi connectivity index (χ1n) is 7.81. The van der Waals surface area contributed by atoms with Gasteiger partial charge >= 0.3 is 12.0 Å². The van der Waals surface area contributed by atoms with Gasteiger partial charge in [-0.25, -0.2) is 4.79 Å². The lowest BCUT2D eigenvalue weighted by Gasteiger charge is -2.35. The molecule has 1 heterocycles. The molecule has 0 aromatic carbocycles. The molecule has 2 atom stereocenters. The number of hydrogen-bond acceptors (Lipinski definition) is 3. The van der Waals surface area contributed by atoms with Crippen LogP contribution in [-0.4, -0.2) is 54.7 Å². The third-order valence-electron chi connectivity index (χ3n) is 4.82. The van der Waals surface area contributed by atoms with E-state index in [0.29, 0.717) is 18.8 Å². The van der Waals surface area contributed by atoms with E-state index < -0.39 is 11.4 Å². The van der Waals surface area contributed by atoms with Crippen LogP contribution >= 0.6 is 0 Å². The van der Waals surface area contributed by atoms with Crippen LogP contribution in [0.3, 0.4) is 0 Å². The summed E-state index contributed by atoms with van der Waals surface area (Å²) in [4.78, 5) is 25.7. The van der Waals surface area contributed by atoms with Crippen molar-refractivity contribution in [2.45, 2.75) is 46.1 Å². The molecule has 3 N–H and O–H groups in total. The Kier molecular flexibility index (Phi) is 6.45. The van der Waals surface area contributed by atoms with Crippen LogP contribution in [0.5, 0.6) is 0 Å². The highest BCUT2D eigenvalue weighted by Crippen LogP contribution is 2.25. The van der Waals surface area contributed by atoms with Crippen LogP contribution in [0.2, 0.25) is 0 Å². The van der Waals surface area contributed by atoms with Gasteiger partial charge in [0.1, 0.15) is 0 Å². The number of nitrogens with one attached hydrogen (secondary N) is 2. The summed E-state index contributed by atoms with van der Waals surface area (Å²) in [7, 11) is 2.08. The van der Waals surface area contributed by atoms with Gasteiger partial charge in [-0.2, -0.15) is 0 Å². The Bertz CT molecular complexity index is 369. The third kappa shape index (κ3) is 4.59. The Labute approximate surface area is 127 Å². The molecule has 2 unspecified atom stereocenters. The summed E-state index contributed by atoms with van der Waals surface area (Å²) in [5, 5.41) is 15.1. The van der Waals surface area contributed by atoms with E-state index in [1.165, 1.54) is 0 Å². The van der Waals surface area contributed by atoms with E-state index in [1.807, 2.05) is 13.8 Å². The number of carboxylic acids is 1. The topological polar surface area (TPSA) is 81.7 Å². The number of amides is 2. The van der Waals surface area contributed by atoms with Gasteiger partial charge in [-0.3, -0.25) is 4.79 Å². The Morgan fingerprint density at radius 2 is 1.95 bits per heavy atom. The molecule has 1 saturated heterocycles. The molecule has 0 spiro atoms. The highest BCUT2D eigenvalue weighted by molar-refractivity contribution is 5.78. The Hall–Kier alpha value is -1.30. The van der Waals surface area contributed by atoms with Crippen LogP contribution in [-0.2, 0) is 4.79 Å². The molecule has 6 heteroatoms. The van der Waals surface area contributed by atoms with Crippen molar-refractivity contribution in [3.8, 4) is 0 Å². The van der Waals surface area contributed by atoms with Gasteiger partial charge in [-0.05, 0) is 38.8 Å². The van der Waals surface area contributed by atoms with Crippen molar-refractivity contribution in [3.05, 3.63) is 0 Å². The maximum absolute atomic E-state index is 12.0. The highest BCUT2D eigenvalue weighted by Gasteiger charge is 2.35. The molecular formula is C15H29N3O3. The zero-order valence-corrected chi connectivity index (χ0v) is 13.6. The van der Waals surface area contributed by atoms with Crippen molar-refractivity contribution in [3.63, 3.8) is 0 Å². The second-order valence-corrected chi connectivity index (χ2v) is 6.25. The first-order chi connectivity index (χ1) is 9.84. The summed E-state index contributed by atoms with van der Waals surface area (Å²) in [5.74, 6) is -0.448. The maximum atomic E-state index is 12.0. The maximum Gasteiger partial charge on any atom is 0.315 e. The molecule has 0 aromatic rings. The Balaban J connectivity index is 2.48. The SMILES string of the molecule is CCC(CC)(CNC(=O)NC1CCN(C)CC1C)C(=O)O.